The molecule has 156 valence electrons. The Labute approximate surface area is 177 Å². The van der Waals surface area contributed by atoms with Gasteiger partial charge in [-0.15, -0.1) is 0 Å². The van der Waals surface area contributed by atoms with E-state index in [-0.39, 0.29) is 18.3 Å². The van der Waals surface area contributed by atoms with E-state index < -0.39 is 16.7 Å². The third-order valence-corrected chi connectivity index (χ3v) is 11.5. The Bertz CT molecular complexity index is 703. The highest BCUT2D eigenvalue weighted by Crippen LogP contribution is 2.38. The smallest absolute Gasteiger partial charge is 0.369 e. The van der Waals surface area contributed by atoms with Crippen molar-refractivity contribution in [3.8, 4) is 0 Å². The van der Waals surface area contributed by atoms with Crippen molar-refractivity contribution < 1.29 is 13.3 Å². The minimum absolute atomic E-state index is 0.140. The van der Waals surface area contributed by atoms with Crippen molar-refractivity contribution in [1.82, 2.24) is 4.90 Å². The number of rotatable bonds is 5. The molecule has 2 bridgehead atoms. The lowest BCUT2D eigenvalue weighted by Crippen LogP contribution is -2.61. The van der Waals surface area contributed by atoms with E-state index in [0.29, 0.717) is 0 Å². The second kappa shape index (κ2) is 9.38. The fourth-order valence-electron chi connectivity index (χ4n) is 4.48. The maximum atomic E-state index is 6.58. The molecular formula is C23H32NO3PSi. The summed E-state index contributed by atoms with van der Waals surface area (Å²) in [6, 6.07) is 22.6. The topological polar surface area (TPSA) is 30.9 Å². The second-order valence-electron chi connectivity index (χ2n) is 8.26. The molecule has 5 rings (SSSR count). The minimum Gasteiger partial charge on any atom is -0.369 e. The fraction of sp³-hybridized carbons (Fsp3) is 0.478. The van der Waals surface area contributed by atoms with Crippen LogP contribution >= 0.6 is 7.92 Å². The Hall–Kier alpha value is -1.07. The monoisotopic (exact) mass is 429 g/mol. The van der Waals surface area contributed by atoms with E-state index >= 15 is 0 Å². The molecule has 2 aromatic carbocycles. The summed E-state index contributed by atoms with van der Waals surface area (Å²) in [4.78, 5) is 2.41. The molecule has 0 amide bonds. The number of benzene rings is 2. The molecule has 0 saturated carbocycles. The first-order valence-corrected chi connectivity index (χ1v) is 14.1. The van der Waals surface area contributed by atoms with Crippen molar-refractivity contribution in [2.45, 2.75) is 45.1 Å². The molecule has 3 fully saturated rings. The lowest BCUT2D eigenvalue weighted by atomic mass is 10.2. The number of hydrogen-bond donors (Lipinski definition) is 0. The van der Waals surface area contributed by atoms with Gasteiger partial charge in [0.2, 0.25) is 0 Å². The molecule has 0 aliphatic carbocycles. The molecule has 6 heteroatoms. The molecule has 3 saturated heterocycles. The van der Waals surface area contributed by atoms with Crippen LogP contribution in [0.5, 0.6) is 0 Å². The normalized spacial score (nSPS) is 32.6. The van der Waals surface area contributed by atoms with Gasteiger partial charge in [-0.05, 0) is 45.5 Å². The standard InChI is InChI=1S/C23H32NO3PSi/c1-19-16-24-17-20(2)26-29(25-19,27-21(3)18-24)15-14-28(22-10-6-4-7-11-22)23-12-8-5-9-13-23/h4-13,19-21H,14-18H2,1-3H3. The van der Waals surface area contributed by atoms with E-state index in [0.717, 1.165) is 31.8 Å². The number of fused-ring (bicyclic) bond motifs is 6. The van der Waals surface area contributed by atoms with Gasteiger partial charge >= 0.3 is 8.80 Å². The maximum Gasteiger partial charge on any atom is 0.502 e. The zero-order chi connectivity index (χ0) is 20.3. The second-order valence-corrected chi connectivity index (χ2v) is 13.2. The summed E-state index contributed by atoms with van der Waals surface area (Å²) in [6.45, 7) is 9.35. The summed E-state index contributed by atoms with van der Waals surface area (Å²) in [5.74, 6) is 0. The van der Waals surface area contributed by atoms with E-state index in [1.54, 1.807) is 0 Å². The van der Waals surface area contributed by atoms with Crippen LogP contribution in [-0.2, 0) is 13.3 Å². The van der Waals surface area contributed by atoms with Crippen LogP contribution in [0.3, 0.4) is 0 Å². The summed E-state index contributed by atoms with van der Waals surface area (Å²) in [5.41, 5.74) is 0. The summed E-state index contributed by atoms with van der Waals surface area (Å²) < 4.78 is 19.7. The van der Waals surface area contributed by atoms with Gasteiger partial charge in [-0.3, -0.25) is 4.90 Å². The van der Waals surface area contributed by atoms with E-state index in [4.69, 9.17) is 13.3 Å². The Kier molecular flexibility index (Phi) is 6.85. The average Bonchev–Trinajstić information content (AvgIpc) is 2.67. The van der Waals surface area contributed by atoms with Crippen molar-refractivity contribution >= 4 is 27.3 Å². The molecule has 3 heterocycles. The van der Waals surface area contributed by atoms with E-state index in [2.05, 4.69) is 86.3 Å². The van der Waals surface area contributed by atoms with Crippen LogP contribution in [0.15, 0.2) is 60.7 Å². The van der Waals surface area contributed by atoms with Crippen molar-refractivity contribution in [3.63, 3.8) is 0 Å². The first-order chi connectivity index (χ1) is 14.0. The largest absolute Gasteiger partial charge is 0.502 e. The Balaban J connectivity index is 1.60. The number of nitrogens with zero attached hydrogens (tertiary/aromatic N) is 1. The van der Waals surface area contributed by atoms with Gasteiger partial charge in [0.15, 0.2) is 0 Å². The molecule has 0 spiro atoms. The van der Waals surface area contributed by atoms with Crippen molar-refractivity contribution in [3.05, 3.63) is 60.7 Å². The molecular weight excluding hydrogens is 397 g/mol. The molecule has 0 aromatic heterocycles. The molecule has 0 radical (unpaired) electrons. The SMILES string of the molecule is CC1CN2CC(C)O[Si](CCP(c3ccccc3)c3ccccc3)(O1)OC(C)C2. The lowest BCUT2D eigenvalue weighted by Gasteiger charge is -2.45. The van der Waals surface area contributed by atoms with E-state index in [9.17, 15) is 0 Å². The van der Waals surface area contributed by atoms with Crippen LogP contribution < -0.4 is 10.6 Å². The van der Waals surface area contributed by atoms with Gasteiger partial charge in [-0.1, -0.05) is 60.7 Å². The van der Waals surface area contributed by atoms with Crippen LogP contribution in [0.2, 0.25) is 6.04 Å². The van der Waals surface area contributed by atoms with Crippen molar-refractivity contribution in [2.24, 2.45) is 0 Å². The third-order valence-electron chi connectivity index (χ3n) is 5.47. The van der Waals surface area contributed by atoms with Gasteiger partial charge in [0, 0.05) is 25.7 Å². The van der Waals surface area contributed by atoms with Gasteiger partial charge < -0.3 is 13.3 Å². The molecule has 3 aliphatic heterocycles. The predicted molar refractivity (Wildman–Crippen MR) is 123 cm³/mol. The quantitative estimate of drug-likeness (QED) is 0.537. The zero-order valence-electron chi connectivity index (χ0n) is 17.7. The molecule has 0 N–H and O–H groups in total. The molecule has 3 aliphatic rings. The van der Waals surface area contributed by atoms with E-state index in [1.807, 2.05) is 0 Å². The minimum atomic E-state index is -2.76. The third kappa shape index (κ3) is 5.35. The molecule has 3 unspecified atom stereocenters. The van der Waals surface area contributed by atoms with Crippen molar-refractivity contribution in [2.75, 3.05) is 25.8 Å². The van der Waals surface area contributed by atoms with Gasteiger partial charge in [0.1, 0.15) is 0 Å². The molecule has 2 aromatic rings. The summed E-state index contributed by atoms with van der Waals surface area (Å²) in [7, 11) is -3.23. The fourth-order valence-corrected chi connectivity index (χ4v) is 10.9. The van der Waals surface area contributed by atoms with Crippen LogP contribution in [0.4, 0.5) is 0 Å². The number of hydrogen-bond acceptors (Lipinski definition) is 4. The highest BCUT2D eigenvalue weighted by atomic mass is 31.1. The molecule has 29 heavy (non-hydrogen) atoms. The zero-order valence-corrected chi connectivity index (χ0v) is 19.6. The lowest BCUT2D eigenvalue weighted by molar-refractivity contribution is -0.0781. The van der Waals surface area contributed by atoms with Gasteiger partial charge in [0.25, 0.3) is 0 Å². The summed E-state index contributed by atoms with van der Waals surface area (Å²) in [6.07, 6.45) is 1.44. The summed E-state index contributed by atoms with van der Waals surface area (Å²) in [5, 5.41) is 2.80. The highest BCUT2D eigenvalue weighted by Gasteiger charge is 2.49. The molecule has 4 nitrogen and oxygen atoms in total. The average molecular weight is 430 g/mol. The van der Waals surface area contributed by atoms with Gasteiger partial charge in [-0.2, -0.15) is 0 Å². The van der Waals surface area contributed by atoms with Crippen molar-refractivity contribution in [1.29, 1.82) is 0 Å². The maximum absolute atomic E-state index is 6.58. The van der Waals surface area contributed by atoms with Crippen LogP contribution in [0.25, 0.3) is 0 Å². The predicted octanol–water partition coefficient (Wildman–Crippen LogP) is 3.60. The van der Waals surface area contributed by atoms with Crippen LogP contribution in [0, 0.1) is 0 Å². The van der Waals surface area contributed by atoms with Gasteiger partial charge in [-0.25, -0.2) is 0 Å². The first-order valence-electron chi connectivity index (χ1n) is 10.7. The summed E-state index contributed by atoms with van der Waals surface area (Å²) >= 11 is 0. The first kappa shape index (κ1) is 21.2. The van der Waals surface area contributed by atoms with E-state index in [1.165, 1.54) is 10.6 Å². The van der Waals surface area contributed by atoms with Crippen LogP contribution in [-0.4, -0.2) is 57.8 Å². The Morgan fingerprint density at radius 2 is 1.17 bits per heavy atom. The molecule has 3 atom stereocenters. The van der Waals surface area contributed by atoms with Crippen LogP contribution in [0.1, 0.15) is 20.8 Å². The Morgan fingerprint density at radius 3 is 1.59 bits per heavy atom. The highest BCUT2D eigenvalue weighted by molar-refractivity contribution is 7.73. The van der Waals surface area contributed by atoms with Gasteiger partial charge in [0.05, 0.1) is 18.3 Å². The Morgan fingerprint density at radius 1 is 0.759 bits per heavy atom.